The molecule has 3 aliphatic heterocycles. The molecule has 1 aromatic rings. The Bertz CT molecular complexity index is 803. The SMILES string of the molecule is CCN(Cc1cccc2c1CN(C1CCC(=O)NC1=O)C2=O)C[C@H]1CCCCN1. The molecule has 0 aliphatic carbocycles. The van der Waals surface area contributed by atoms with Crippen molar-refractivity contribution in [2.45, 2.75) is 64.2 Å². The molecule has 2 N–H and O–H groups in total. The molecular formula is C22H30N4O3. The number of hydrogen-bond donors (Lipinski definition) is 2. The number of hydrogen-bond acceptors (Lipinski definition) is 5. The second-order valence-electron chi connectivity index (χ2n) is 8.32. The third-order valence-electron chi connectivity index (χ3n) is 6.41. The maximum Gasteiger partial charge on any atom is 0.255 e. The maximum atomic E-state index is 13.0. The van der Waals surface area contributed by atoms with Crippen molar-refractivity contribution in [3.05, 3.63) is 34.9 Å². The van der Waals surface area contributed by atoms with Gasteiger partial charge in [0, 0.05) is 37.7 Å². The standard InChI is InChI=1S/C22H30N4O3/c1-2-25(13-16-7-3-4-11-23-16)12-15-6-5-8-17-18(15)14-26(22(17)29)19-9-10-20(27)24-21(19)28/h5-6,8,16,19,23H,2-4,7,9-14H2,1H3,(H,24,27,28)/t16-,19?/m1/s1. The Hall–Kier alpha value is -2.25. The Kier molecular flexibility index (Phi) is 5.96. The average Bonchev–Trinajstić information content (AvgIpc) is 3.06. The first-order valence-corrected chi connectivity index (χ1v) is 10.8. The summed E-state index contributed by atoms with van der Waals surface area (Å²) in [5, 5.41) is 5.98. The van der Waals surface area contributed by atoms with Gasteiger partial charge in [0.2, 0.25) is 11.8 Å². The minimum atomic E-state index is -0.561. The predicted octanol–water partition coefficient (Wildman–Crippen LogP) is 1.41. The van der Waals surface area contributed by atoms with E-state index in [-0.39, 0.29) is 24.1 Å². The number of fused-ring (bicyclic) bond motifs is 1. The zero-order valence-corrected chi connectivity index (χ0v) is 17.1. The number of piperidine rings is 2. The van der Waals surface area contributed by atoms with E-state index in [9.17, 15) is 14.4 Å². The second-order valence-corrected chi connectivity index (χ2v) is 8.32. The minimum absolute atomic E-state index is 0.103. The quantitative estimate of drug-likeness (QED) is 0.708. The molecule has 7 nitrogen and oxygen atoms in total. The smallest absolute Gasteiger partial charge is 0.255 e. The zero-order valence-electron chi connectivity index (χ0n) is 17.1. The van der Waals surface area contributed by atoms with Crippen LogP contribution in [0.5, 0.6) is 0 Å². The van der Waals surface area contributed by atoms with E-state index < -0.39 is 6.04 Å². The van der Waals surface area contributed by atoms with Crippen LogP contribution in [0.1, 0.15) is 60.5 Å². The minimum Gasteiger partial charge on any atom is -0.322 e. The number of amides is 3. The number of nitrogens with one attached hydrogen (secondary N) is 2. The molecule has 0 saturated carbocycles. The third kappa shape index (κ3) is 4.21. The van der Waals surface area contributed by atoms with Crippen LogP contribution in [-0.4, -0.2) is 59.2 Å². The molecule has 0 aromatic heterocycles. The van der Waals surface area contributed by atoms with Crippen molar-refractivity contribution in [1.29, 1.82) is 0 Å². The normalized spacial score (nSPS) is 24.8. The number of rotatable bonds is 6. The summed E-state index contributed by atoms with van der Waals surface area (Å²) in [7, 11) is 0. The number of benzene rings is 1. The van der Waals surface area contributed by atoms with Gasteiger partial charge in [-0.15, -0.1) is 0 Å². The zero-order chi connectivity index (χ0) is 20.4. The predicted molar refractivity (Wildman–Crippen MR) is 109 cm³/mol. The van der Waals surface area contributed by atoms with Crippen LogP contribution in [0.4, 0.5) is 0 Å². The molecule has 3 heterocycles. The van der Waals surface area contributed by atoms with E-state index in [2.05, 4.69) is 28.5 Å². The fourth-order valence-electron chi connectivity index (χ4n) is 4.74. The lowest BCUT2D eigenvalue weighted by atomic mass is 10.0. The van der Waals surface area contributed by atoms with E-state index in [1.165, 1.54) is 19.3 Å². The lowest BCUT2D eigenvalue weighted by Crippen LogP contribution is -2.52. The van der Waals surface area contributed by atoms with Crippen LogP contribution in [0, 0.1) is 0 Å². The highest BCUT2D eigenvalue weighted by Crippen LogP contribution is 2.30. The first-order chi connectivity index (χ1) is 14.1. The topological polar surface area (TPSA) is 81.8 Å². The lowest BCUT2D eigenvalue weighted by Gasteiger charge is -2.30. The molecule has 2 fully saturated rings. The molecule has 1 unspecified atom stereocenters. The van der Waals surface area contributed by atoms with Gasteiger partial charge >= 0.3 is 0 Å². The van der Waals surface area contributed by atoms with Gasteiger partial charge in [0.15, 0.2) is 0 Å². The van der Waals surface area contributed by atoms with Gasteiger partial charge in [-0.25, -0.2) is 0 Å². The monoisotopic (exact) mass is 398 g/mol. The molecule has 0 radical (unpaired) electrons. The first-order valence-electron chi connectivity index (χ1n) is 10.8. The van der Waals surface area contributed by atoms with E-state index in [0.717, 1.165) is 37.3 Å². The van der Waals surface area contributed by atoms with Crippen LogP contribution < -0.4 is 10.6 Å². The van der Waals surface area contributed by atoms with E-state index in [1.54, 1.807) is 4.90 Å². The van der Waals surface area contributed by atoms with E-state index >= 15 is 0 Å². The van der Waals surface area contributed by atoms with E-state index in [4.69, 9.17) is 0 Å². The summed E-state index contributed by atoms with van der Waals surface area (Å²) in [6.45, 7) is 6.47. The van der Waals surface area contributed by atoms with Gasteiger partial charge in [-0.2, -0.15) is 0 Å². The fraction of sp³-hybridized carbons (Fsp3) is 0.591. The molecule has 156 valence electrons. The van der Waals surface area contributed by atoms with Crippen molar-refractivity contribution in [1.82, 2.24) is 20.4 Å². The van der Waals surface area contributed by atoms with Crippen molar-refractivity contribution in [3.63, 3.8) is 0 Å². The third-order valence-corrected chi connectivity index (χ3v) is 6.41. The van der Waals surface area contributed by atoms with Gasteiger partial charge < -0.3 is 10.2 Å². The molecule has 7 heteroatoms. The van der Waals surface area contributed by atoms with Crippen LogP contribution in [-0.2, 0) is 22.7 Å². The van der Waals surface area contributed by atoms with Crippen LogP contribution >= 0.6 is 0 Å². The van der Waals surface area contributed by atoms with Gasteiger partial charge in [0.1, 0.15) is 6.04 Å². The van der Waals surface area contributed by atoms with Crippen molar-refractivity contribution < 1.29 is 14.4 Å². The fourth-order valence-corrected chi connectivity index (χ4v) is 4.74. The first kappa shape index (κ1) is 20.0. The van der Waals surface area contributed by atoms with Gasteiger partial charge in [-0.1, -0.05) is 25.5 Å². The van der Waals surface area contributed by atoms with Crippen LogP contribution in [0.25, 0.3) is 0 Å². The van der Waals surface area contributed by atoms with Crippen LogP contribution in [0.15, 0.2) is 18.2 Å². The Morgan fingerprint density at radius 2 is 2.03 bits per heavy atom. The number of likely N-dealkylation sites (N-methyl/N-ethyl adjacent to an activating group) is 1. The molecule has 0 bridgehead atoms. The van der Waals surface area contributed by atoms with Gasteiger partial charge in [-0.05, 0) is 49.5 Å². The number of carbonyl (C=O) groups excluding carboxylic acids is 3. The molecular weight excluding hydrogens is 368 g/mol. The highest BCUT2D eigenvalue weighted by atomic mass is 16.2. The second kappa shape index (κ2) is 8.63. The largest absolute Gasteiger partial charge is 0.322 e. The maximum absolute atomic E-state index is 13.0. The Morgan fingerprint density at radius 3 is 2.76 bits per heavy atom. The summed E-state index contributed by atoms with van der Waals surface area (Å²) in [6, 6.07) is 5.85. The molecule has 4 rings (SSSR count). The summed E-state index contributed by atoms with van der Waals surface area (Å²) in [4.78, 5) is 40.8. The average molecular weight is 399 g/mol. The summed E-state index contributed by atoms with van der Waals surface area (Å²) >= 11 is 0. The molecule has 2 saturated heterocycles. The summed E-state index contributed by atoms with van der Waals surface area (Å²) in [6.07, 6.45) is 4.43. The van der Waals surface area contributed by atoms with Gasteiger partial charge in [0.05, 0.1) is 0 Å². The summed E-state index contributed by atoms with van der Waals surface area (Å²) in [5.41, 5.74) is 2.87. The lowest BCUT2D eigenvalue weighted by molar-refractivity contribution is -0.136. The van der Waals surface area contributed by atoms with Crippen molar-refractivity contribution in [3.8, 4) is 0 Å². The summed E-state index contributed by atoms with van der Waals surface area (Å²) < 4.78 is 0. The molecule has 2 atom stereocenters. The molecule has 3 amide bonds. The Labute approximate surface area is 171 Å². The number of nitrogens with zero attached hydrogens (tertiary/aromatic N) is 2. The van der Waals surface area contributed by atoms with Crippen molar-refractivity contribution in [2.24, 2.45) is 0 Å². The van der Waals surface area contributed by atoms with E-state index in [1.807, 2.05) is 12.1 Å². The van der Waals surface area contributed by atoms with Crippen molar-refractivity contribution >= 4 is 17.7 Å². The van der Waals surface area contributed by atoms with Crippen molar-refractivity contribution in [2.75, 3.05) is 19.6 Å². The number of imide groups is 1. The summed E-state index contributed by atoms with van der Waals surface area (Å²) in [5.74, 6) is -0.720. The Balaban J connectivity index is 1.49. The highest BCUT2D eigenvalue weighted by Gasteiger charge is 2.39. The highest BCUT2D eigenvalue weighted by molar-refractivity contribution is 6.05. The van der Waals surface area contributed by atoms with E-state index in [0.29, 0.717) is 24.6 Å². The molecule has 29 heavy (non-hydrogen) atoms. The number of carbonyl (C=O) groups is 3. The molecule has 0 spiro atoms. The Morgan fingerprint density at radius 1 is 1.17 bits per heavy atom. The van der Waals surface area contributed by atoms with Gasteiger partial charge in [0.25, 0.3) is 5.91 Å². The molecule has 1 aromatic carbocycles. The van der Waals surface area contributed by atoms with Gasteiger partial charge in [-0.3, -0.25) is 24.6 Å². The van der Waals surface area contributed by atoms with Crippen LogP contribution in [0.3, 0.4) is 0 Å². The molecule has 3 aliphatic rings. The van der Waals surface area contributed by atoms with Crippen LogP contribution in [0.2, 0.25) is 0 Å².